The van der Waals surface area contributed by atoms with Crippen LogP contribution in [0.5, 0.6) is 5.75 Å². The molecule has 2 N–H and O–H groups in total. The van der Waals surface area contributed by atoms with Gasteiger partial charge in [-0.15, -0.1) is 0 Å². The number of pyridine rings is 1. The highest BCUT2D eigenvalue weighted by molar-refractivity contribution is 6.07. The van der Waals surface area contributed by atoms with Gasteiger partial charge in [0.25, 0.3) is 5.91 Å². The van der Waals surface area contributed by atoms with Gasteiger partial charge in [-0.2, -0.15) is 0 Å². The molecule has 2 aromatic carbocycles. The fourth-order valence-electron chi connectivity index (χ4n) is 4.35. The maximum atomic E-state index is 13.3. The van der Waals surface area contributed by atoms with Crippen LogP contribution in [0.1, 0.15) is 43.5 Å². The van der Waals surface area contributed by atoms with E-state index in [9.17, 15) is 4.79 Å². The van der Waals surface area contributed by atoms with E-state index in [4.69, 9.17) is 9.72 Å². The number of hydrogen-bond acceptors (Lipinski definition) is 4. The summed E-state index contributed by atoms with van der Waals surface area (Å²) in [7, 11) is 1.64. The predicted molar refractivity (Wildman–Crippen MR) is 121 cm³/mol. The van der Waals surface area contributed by atoms with Gasteiger partial charge < -0.3 is 15.4 Å². The van der Waals surface area contributed by atoms with Crippen LogP contribution in [-0.2, 0) is 0 Å². The summed E-state index contributed by atoms with van der Waals surface area (Å²) < 4.78 is 5.44. The van der Waals surface area contributed by atoms with Crippen molar-refractivity contribution in [2.45, 2.75) is 39.2 Å². The van der Waals surface area contributed by atoms with Gasteiger partial charge in [-0.1, -0.05) is 57.0 Å². The minimum absolute atomic E-state index is 0.0392. The molecule has 3 aromatic rings. The first-order valence-corrected chi connectivity index (χ1v) is 10.7. The van der Waals surface area contributed by atoms with E-state index in [0.717, 1.165) is 35.2 Å². The zero-order chi connectivity index (χ0) is 21.1. The monoisotopic (exact) mass is 403 g/mol. The minimum Gasteiger partial charge on any atom is -0.495 e. The number of anilines is 2. The molecule has 1 saturated carbocycles. The average molecular weight is 404 g/mol. The van der Waals surface area contributed by atoms with Crippen molar-refractivity contribution in [3.63, 3.8) is 0 Å². The van der Waals surface area contributed by atoms with E-state index < -0.39 is 0 Å². The van der Waals surface area contributed by atoms with Gasteiger partial charge in [0.15, 0.2) is 0 Å². The van der Waals surface area contributed by atoms with E-state index in [0.29, 0.717) is 23.2 Å². The summed E-state index contributed by atoms with van der Waals surface area (Å²) in [6, 6.07) is 17.5. The molecule has 1 aliphatic rings. The Hall–Kier alpha value is -3.08. The van der Waals surface area contributed by atoms with Gasteiger partial charge in [0.2, 0.25) is 0 Å². The van der Waals surface area contributed by atoms with Crippen molar-refractivity contribution in [1.82, 2.24) is 10.3 Å². The van der Waals surface area contributed by atoms with Crippen molar-refractivity contribution in [3.05, 3.63) is 60.2 Å². The molecule has 1 amide bonds. The number of hydrogen-bond donors (Lipinski definition) is 2. The summed E-state index contributed by atoms with van der Waals surface area (Å²) in [4.78, 5) is 18.0. The topological polar surface area (TPSA) is 63.2 Å². The van der Waals surface area contributed by atoms with Crippen molar-refractivity contribution in [2.24, 2.45) is 11.8 Å². The Kier molecular flexibility index (Phi) is 5.88. The highest BCUT2D eigenvalue weighted by Crippen LogP contribution is 2.31. The fourth-order valence-corrected chi connectivity index (χ4v) is 4.35. The predicted octanol–water partition coefficient (Wildman–Crippen LogP) is 5.54. The molecular weight excluding hydrogens is 374 g/mol. The van der Waals surface area contributed by atoms with Crippen molar-refractivity contribution >= 4 is 28.3 Å². The standard InChI is InChI=1S/C25H29N3O2/c1-16-9-8-13-20(17(16)2)28-25(29)19-15-24(26-21-11-5-4-10-18(19)21)27-22-12-6-7-14-23(22)30-3/h4-7,10-12,14-17,20H,8-9,13H2,1-3H3,(H,26,27)(H,28,29)/t16-,17+,20+/m0/s1. The van der Waals surface area contributed by atoms with Crippen molar-refractivity contribution in [2.75, 3.05) is 12.4 Å². The summed E-state index contributed by atoms with van der Waals surface area (Å²) in [5.41, 5.74) is 2.24. The third kappa shape index (κ3) is 4.11. The van der Waals surface area contributed by atoms with Crippen LogP contribution >= 0.6 is 0 Å². The van der Waals surface area contributed by atoms with Gasteiger partial charge in [0.1, 0.15) is 11.6 Å². The molecule has 0 spiro atoms. The molecule has 0 bridgehead atoms. The Labute approximate surface area is 177 Å². The highest BCUT2D eigenvalue weighted by Gasteiger charge is 2.29. The number of aromatic nitrogens is 1. The number of methoxy groups -OCH3 is 1. The SMILES string of the molecule is COc1ccccc1Nc1cc(C(=O)N[C@@H]2CCC[C@H](C)[C@H]2C)c2ccccc2n1. The molecule has 1 aliphatic carbocycles. The number of nitrogens with one attached hydrogen (secondary N) is 2. The van der Waals surface area contributed by atoms with E-state index in [-0.39, 0.29) is 11.9 Å². The molecule has 5 heteroatoms. The molecule has 1 fully saturated rings. The number of fused-ring (bicyclic) bond motifs is 1. The molecule has 5 nitrogen and oxygen atoms in total. The summed E-state index contributed by atoms with van der Waals surface area (Å²) in [5, 5.41) is 7.47. The average Bonchev–Trinajstić information content (AvgIpc) is 2.76. The fraction of sp³-hybridized carbons (Fsp3) is 0.360. The first-order valence-electron chi connectivity index (χ1n) is 10.7. The molecule has 156 valence electrons. The molecule has 1 heterocycles. The lowest BCUT2D eigenvalue weighted by Crippen LogP contribution is -2.43. The van der Waals surface area contributed by atoms with E-state index in [2.05, 4.69) is 24.5 Å². The number of carbonyl (C=O) groups excluding carboxylic acids is 1. The van der Waals surface area contributed by atoms with Crippen LogP contribution in [-0.4, -0.2) is 24.0 Å². The Balaban J connectivity index is 1.67. The van der Waals surface area contributed by atoms with Crippen molar-refractivity contribution in [3.8, 4) is 5.75 Å². The first-order chi connectivity index (χ1) is 14.6. The van der Waals surface area contributed by atoms with E-state index in [1.165, 1.54) is 6.42 Å². The Bertz CT molecular complexity index is 1050. The molecule has 0 radical (unpaired) electrons. The maximum Gasteiger partial charge on any atom is 0.252 e. The largest absolute Gasteiger partial charge is 0.495 e. The summed E-state index contributed by atoms with van der Waals surface area (Å²) in [5.74, 6) is 2.41. The third-order valence-corrected chi connectivity index (χ3v) is 6.35. The third-order valence-electron chi connectivity index (χ3n) is 6.35. The maximum absolute atomic E-state index is 13.3. The van der Waals surface area contributed by atoms with Gasteiger partial charge in [-0.25, -0.2) is 4.98 Å². The van der Waals surface area contributed by atoms with Gasteiger partial charge in [0, 0.05) is 11.4 Å². The van der Waals surface area contributed by atoms with Gasteiger partial charge >= 0.3 is 0 Å². The molecular formula is C25H29N3O2. The van der Waals surface area contributed by atoms with Crippen molar-refractivity contribution in [1.29, 1.82) is 0 Å². The molecule has 3 atom stereocenters. The Morgan fingerprint density at radius 3 is 2.67 bits per heavy atom. The second kappa shape index (κ2) is 8.74. The van der Waals surface area contributed by atoms with E-state index in [1.54, 1.807) is 7.11 Å². The smallest absolute Gasteiger partial charge is 0.252 e. The zero-order valence-corrected chi connectivity index (χ0v) is 17.8. The molecule has 30 heavy (non-hydrogen) atoms. The van der Waals surface area contributed by atoms with E-state index >= 15 is 0 Å². The molecule has 0 saturated heterocycles. The number of para-hydroxylation sites is 3. The molecule has 4 rings (SSSR count). The molecule has 0 aliphatic heterocycles. The van der Waals surface area contributed by atoms with Crippen LogP contribution < -0.4 is 15.4 Å². The zero-order valence-electron chi connectivity index (χ0n) is 17.8. The van der Waals surface area contributed by atoms with Crippen LogP contribution in [0.2, 0.25) is 0 Å². The quantitative estimate of drug-likeness (QED) is 0.587. The summed E-state index contributed by atoms with van der Waals surface area (Å²) in [6.45, 7) is 4.52. The molecule has 1 aromatic heterocycles. The first kappa shape index (κ1) is 20.2. The second-order valence-corrected chi connectivity index (χ2v) is 8.24. The molecule has 0 unspecified atom stereocenters. The summed E-state index contributed by atoms with van der Waals surface area (Å²) >= 11 is 0. The van der Waals surface area contributed by atoms with Gasteiger partial charge in [-0.3, -0.25) is 4.79 Å². The minimum atomic E-state index is -0.0392. The van der Waals surface area contributed by atoms with Crippen LogP contribution in [0, 0.1) is 11.8 Å². The van der Waals surface area contributed by atoms with Crippen LogP contribution in [0.25, 0.3) is 10.9 Å². The lowest BCUT2D eigenvalue weighted by atomic mass is 9.78. The van der Waals surface area contributed by atoms with Gasteiger partial charge in [0.05, 0.1) is 23.9 Å². The van der Waals surface area contributed by atoms with Crippen molar-refractivity contribution < 1.29 is 9.53 Å². The van der Waals surface area contributed by atoms with Crippen LogP contribution in [0.15, 0.2) is 54.6 Å². The second-order valence-electron chi connectivity index (χ2n) is 8.24. The number of amides is 1. The Morgan fingerprint density at radius 2 is 1.83 bits per heavy atom. The normalized spacial score (nSPS) is 21.2. The van der Waals surface area contributed by atoms with Gasteiger partial charge in [-0.05, 0) is 42.5 Å². The number of rotatable bonds is 5. The number of ether oxygens (including phenoxy) is 1. The number of nitrogens with zero attached hydrogens (tertiary/aromatic N) is 1. The summed E-state index contributed by atoms with van der Waals surface area (Å²) in [6.07, 6.45) is 3.43. The number of benzene rings is 2. The van der Waals surface area contributed by atoms with E-state index in [1.807, 2.05) is 54.6 Å². The van der Waals surface area contributed by atoms with Crippen LogP contribution in [0.4, 0.5) is 11.5 Å². The van der Waals surface area contributed by atoms with Crippen LogP contribution in [0.3, 0.4) is 0 Å². The number of carbonyl (C=O) groups is 1. The highest BCUT2D eigenvalue weighted by atomic mass is 16.5. The Morgan fingerprint density at radius 1 is 1.07 bits per heavy atom. The lowest BCUT2D eigenvalue weighted by Gasteiger charge is -2.34. The lowest BCUT2D eigenvalue weighted by molar-refractivity contribution is 0.0892.